The van der Waals surface area contributed by atoms with Gasteiger partial charge in [0.1, 0.15) is 0 Å². The zero-order valence-electron chi connectivity index (χ0n) is 16.8. The highest BCUT2D eigenvalue weighted by molar-refractivity contribution is 6.06. The number of benzene rings is 1. The van der Waals surface area contributed by atoms with Gasteiger partial charge in [0, 0.05) is 51.9 Å². The quantitative estimate of drug-likeness (QED) is 0.204. The van der Waals surface area contributed by atoms with Gasteiger partial charge in [-0.3, -0.25) is 19.2 Å². The van der Waals surface area contributed by atoms with Gasteiger partial charge >= 0.3 is 0 Å². The average molecular weight is 422 g/mol. The number of nitrogens with one attached hydrogen (secondary N) is 4. The monoisotopic (exact) mass is 422 g/mol. The summed E-state index contributed by atoms with van der Waals surface area (Å²) >= 11 is 0. The van der Waals surface area contributed by atoms with Crippen molar-refractivity contribution in [3.05, 3.63) is 12.1 Å². The summed E-state index contributed by atoms with van der Waals surface area (Å²) in [5, 5.41) is 10.5. The number of hydrogen-bond acceptors (Lipinski definition) is 8. The lowest BCUT2D eigenvalue weighted by Crippen LogP contribution is -2.23. The third-order valence-corrected chi connectivity index (χ3v) is 3.74. The molecule has 12 nitrogen and oxygen atoms in total. The molecule has 0 radical (unpaired) electrons. The van der Waals surface area contributed by atoms with Gasteiger partial charge in [-0.25, -0.2) is 0 Å². The van der Waals surface area contributed by atoms with Gasteiger partial charge in [-0.2, -0.15) is 0 Å². The van der Waals surface area contributed by atoms with Crippen molar-refractivity contribution >= 4 is 46.4 Å². The Hall–Kier alpha value is -3.06. The van der Waals surface area contributed by atoms with Crippen molar-refractivity contribution < 1.29 is 19.2 Å². The van der Waals surface area contributed by atoms with Crippen molar-refractivity contribution in [2.75, 3.05) is 47.4 Å². The first-order valence-electron chi connectivity index (χ1n) is 9.52. The minimum atomic E-state index is -0.383. The zero-order chi connectivity index (χ0) is 22.5. The largest absolute Gasteiger partial charge is 0.330 e. The van der Waals surface area contributed by atoms with E-state index >= 15 is 0 Å². The predicted octanol–water partition coefficient (Wildman–Crippen LogP) is -1.16. The number of hydrogen-bond donors (Lipinski definition) is 8. The molecule has 4 amide bonds. The van der Waals surface area contributed by atoms with E-state index in [0.29, 0.717) is 0 Å². The van der Waals surface area contributed by atoms with Gasteiger partial charge < -0.3 is 44.2 Å². The second-order valence-electron chi connectivity index (χ2n) is 6.29. The Morgan fingerprint density at radius 3 is 0.867 bits per heavy atom. The number of carbonyl (C=O) groups excluding carboxylic acids is 4. The minimum Gasteiger partial charge on any atom is -0.330 e. The molecular formula is C18H30N8O4. The van der Waals surface area contributed by atoms with Gasteiger partial charge in [0.25, 0.3) is 0 Å². The Morgan fingerprint density at radius 2 is 0.700 bits per heavy atom. The van der Waals surface area contributed by atoms with E-state index in [0.717, 1.165) is 0 Å². The molecule has 0 fully saturated rings. The molecule has 0 saturated heterocycles. The molecule has 1 aromatic rings. The van der Waals surface area contributed by atoms with E-state index in [4.69, 9.17) is 22.9 Å². The molecule has 0 aromatic heterocycles. The predicted molar refractivity (Wildman–Crippen MR) is 116 cm³/mol. The standard InChI is InChI=1S/C18H30N8O4/c19-5-1-15(27)23-11-9-13(25-17(29)3-7-21)14(26-18(30)4-8-22)10-12(11)24-16(28)2-6-20/h9-10H,1-8,19-22H2,(H,23,27)(H,24,28)(H,25,29)(H,26,30). The van der Waals surface area contributed by atoms with Gasteiger partial charge in [-0.1, -0.05) is 0 Å². The first-order valence-corrected chi connectivity index (χ1v) is 9.52. The Kier molecular flexibility index (Phi) is 11.0. The summed E-state index contributed by atoms with van der Waals surface area (Å²) in [4.78, 5) is 48.2. The summed E-state index contributed by atoms with van der Waals surface area (Å²) in [7, 11) is 0. The summed E-state index contributed by atoms with van der Waals surface area (Å²) in [6.07, 6.45) is 0.222. The fraction of sp³-hybridized carbons (Fsp3) is 0.444. The van der Waals surface area contributed by atoms with E-state index < -0.39 is 0 Å². The molecule has 0 aliphatic heterocycles. The highest BCUT2D eigenvalue weighted by Gasteiger charge is 2.17. The van der Waals surface area contributed by atoms with Gasteiger partial charge in [0.15, 0.2) is 0 Å². The first-order chi connectivity index (χ1) is 14.3. The Morgan fingerprint density at radius 1 is 0.500 bits per heavy atom. The normalized spacial score (nSPS) is 10.3. The van der Waals surface area contributed by atoms with Gasteiger partial charge in [0.2, 0.25) is 23.6 Å². The third-order valence-electron chi connectivity index (χ3n) is 3.74. The van der Waals surface area contributed by atoms with E-state index in [1.54, 1.807) is 0 Å². The summed E-state index contributed by atoms with van der Waals surface area (Å²) in [5.74, 6) is -1.53. The molecule has 12 N–H and O–H groups in total. The molecule has 1 aromatic carbocycles. The van der Waals surface area contributed by atoms with Crippen LogP contribution in [0.2, 0.25) is 0 Å². The maximum atomic E-state index is 12.0. The van der Waals surface area contributed by atoms with Crippen molar-refractivity contribution in [2.45, 2.75) is 25.7 Å². The van der Waals surface area contributed by atoms with Gasteiger partial charge in [0.05, 0.1) is 22.7 Å². The van der Waals surface area contributed by atoms with Crippen LogP contribution in [-0.4, -0.2) is 49.8 Å². The summed E-state index contributed by atoms with van der Waals surface area (Å²) < 4.78 is 0. The van der Waals surface area contributed by atoms with Crippen LogP contribution in [0.4, 0.5) is 22.7 Å². The molecule has 0 aliphatic carbocycles. The van der Waals surface area contributed by atoms with Crippen LogP contribution in [0.25, 0.3) is 0 Å². The van der Waals surface area contributed by atoms with Crippen LogP contribution in [0.1, 0.15) is 25.7 Å². The van der Waals surface area contributed by atoms with Crippen LogP contribution in [0.5, 0.6) is 0 Å². The Bertz CT molecular complexity index is 647. The molecule has 0 bridgehead atoms. The molecule has 0 atom stereocenters. The molecule has 0 aliphatic rings. The Balaban J connectivity index is 3.38. The van der Waals surface area contributed by atoms with Crippen LogP contribution < -0.4 is 44.2 Å². The Labute approximate surface area is 174 Å². The molecule has 166 valence electrons. The van der Waals surface area contributed by atoms with E-state index in [-0.39, 0.29) is 98.2 Å². The lowest BCUT2D eigenvalue weighted by atomic mass is 10.1. The second-order valence-corrected chi connectivity index (χ2v) is 6.29. The number of rotatable bonds is 12. The van der Waals surface area contributed by atoms with Gasteiger partial charge in [-0.05, 0) is 12.1 Å². The van der Waals surface area contributed by atoms with E-state index in [9.17, 15) is 19.2 Å². The first kappa shape index (κ1) is 25.0. The molecule has 0 heterocycles. The molecule has 1 rings (SSSR count). The van der Waals surface area contributed by atoms with Crippen molar-refractivity contribution in [3.63, 3.8) is 0 Å². The number of anilines is 4. The van der Waals surface area contributed by atoms with Crippen molar-refractivity contribution in [2.24, 2.45) is 22.9 Å². The maximum absolute atomic E-state index is 12.0. The van der Waals surface area contributed by atoms with Crippen LogP contribution in [0.15, 0.2) is 12.1 Å². The molecule has 30 heavy (non-hydrogen) atoms. The highest BCUT2D eigenvalue weighted by atomic mass is 16.2. The van der Waals surface area contributed by atoms with Gasteiger partial charge in [-0.15, -0.1) is 0 Å². The lowest BCUT2D eigenvalue weighted by Gasteiger charge is -2.19. The number of carbonyl (C=O) groups is 4. The van der Waals surface area contributed by atoms with Crippen LogP contribution in [0, 0.1) is 0 Å². The summed E-state index contributed by atoms with van der Waals surface area (Å²) in [5.41, 5.74) is 22.5. The fourth-order valence-electron chi connectivity index (χ4n) is 2.39. The average Bonchev–Trinajstić information content (AvgIpc) is 2.65. The fourth-order valence-corrected chi connectivity index (χ4v) is 2.39. The minimum absolute atomic E-state index is 0.0556. The zero-order valence-corrected chi connectivity index (χ0v) is 16.8. The number of amides is 4. The molecule has 0 saturated carbocycles. The summed E-state index contributed by atoms with van der Waals surface area (Å²) in [6.45, 7) is 0.532. The van der Waals surface area contributed by atoms with Crippen LogP contribution in [-0.2, 0) is 19.2 Å². The topological polar surface area (TPSA) is 220 Å². The third kappa shape index (κ3) is 8.53. The van der Waals surface area contributed by atoms with E-state index in [2.05, 4.69) is 21.3 Å². The molecule has 12 heteroatoms. The highest BCUT2D eigenvalue weighted by Crippen LogP contribution is 2.34. The molecule has 0 spiro atoms. The van der Waals surface area contributed by atoms with Crippen LogP contribution in [0.3, 0.4) is 0 Å². The van der Waals surface area contributed by atoms with E-state index in [1.807, 2.05) is 0 Å². The van der Waals surface area contributed by atoms with Crippen molar-refractivity contribution in [1.82, 2.24) is 0 Å². The maximum Gasteiger partial charge on any atom is 0.225 e. The summed E-state index contributed by atoms with van der Waals surface area (Å²) in [6, 6.07) is 2.86. The van der Waals surface area contributed by atoms with Crippen molar-refractivity contribution in [3.8, 4) is 0 Å². The van der Waals surface area contributed by atoms with E-state index in [1.165, 1.54) is 12.1 Å². The number of nitrogens with two attached hydrogens (primary N) is 4. The SMILES string of the molecule is NCCC(=O)Nc1cc(NC(=O)CCN)c(NC(=O)CCN)cc1NC(=O)CCN. The molecule has 0 unspecified atom stereocenters. The van der Waals surface area contributed by atoms with Crippen LogP contribution >= 0.6 is 0 Å². The van der Waals surface area contributed by atoms with Crippen molar-refractivity contribution in [1.29, 1.82) is 0 Å². The second kappa shape index (κ2) is 13.2. The lowest BCUT2D eigenvalue weighted by molar-refractivity contribution is -0.117. The molecular weight excluding hydrogens is 392 g/mol. The smallest absolute Gasteiger partial charge is 0.225 e.